The molecule has 0 aliphatic heterocycles. The summed E-state index contributed by atoms with van der Waals surface area (Å²) < 4.78 is 9.16. The van der Waals surface area contributed by atoms with Crippen LogP contribution in [0.15, 0.2) is 223 Å². The molecule has 0 amide bonds. The second-order valence-corrected chi connectivity index (χ2v) is 15.3. The highest BCUT2D eigenvalue weighted by Gasteiger charge is 2.21. The fraction of sp³-hybridized carbons (Fsp3) is 0. The lowest BCUT2D eigenvalue weighted by atomic mass is 10.0. The van der Waals surface area contributed by atoms with E-state index in [1.165, 1.54) is 60.0 Å². The lowest BCUT2D eigenvalue weighted by Crippen LogP contribution is -2.10. The van der Waals surface area contributed by atoms with Crippen LogP contribution in [-0.4, -0.2) is 4.57 Å². The summed E-state index contributed by atoms with van der Waals surface area (Å²) in [4.78, 5) is 2.33. The molecule has 2 heterocycles. The fourth-order valence-electron chi connectivity index (χ4n) is 9.14. The van der Waals surface area contributed by atoms with Crippen LogP contribution in [0, 0.1) is 0 Å². The lowest BCUT2D eigenvalue weighted by molar-refractivity contribution is 0.669. The van der Waals surface area contributed by atoms with Gasteiger partial charge in [0, 0.05) is 38.6 Å². The Morgan fingerprint density at radius 1 is 0.356 bits per heavy atom. The maximum absolute atomic E-state index is 6.79. The molecular weight excluding hydrogens is 717 g/mol. The molecule has 276 valence electrons. The van der Waals surface area contributed by atoms with Gasteiger partial charge in [-0.1, -0.05) is 152 Å². The topological polar surface area (TPSA) is 21.3 Å². The third kappa shape index (κ3) is 5.44. The molecule has 12 rings (SSSR count). The van der Waals surface area contributed by atoms with Gasteiger partial charge in [-0.3, -0.25) is 0 Å². The molecule has 0 fully saturated rings. The zero-order valence-electron chi connectivity index (χ0n) is 32.1. The number of furan rings is 1. The molecule has 0 aliphatic rings. The molecule has 3 nitrogen and oxygen atoms in total. The first kappa shape index (κ1) is 33.3. The van der Waals surface area contributed by atoms with E-state index in [-0.39, 0.29) is 0 Å². The minimum atomic E-state index is 0.863. The van der Waals surface area contributed by atoms with Crippen LogP contribution < -0.4 is 4.90 Å². The van der Waals surface area contributed by atoms with Crippen molar-refractivity contribution in [2.75, 3.05) is 4.90 Å². The van der Waals surface area contributed by atoms with Crippen molar-refractivity contribution in [1.82, 2.24) is 4.57 Å². The number of aromatic nitrogens is 1. The van der Waals surface area contributed by atoms with Gasteiger partial charge in [-0.25, -0.2) is 0 Å². The van der Waals surface area contributed by atoms with E-state index in [1.54, 1.807) is 0 Å². The van der Waals surface area contributed by atoms with E-state index in [4.69, 9.17) is 4.42 Å². The summed E-state index contributed by atoms with van der Waals surface area (Å²) >= 11 is 0. The molecule has 59 heavy (non-hydrogen) atoms. The minimum absolute atomic E-state index is 0.863. The van der Waals surface area contributed by atoms with Crippen LogP contribution in [0.4, 0.5) is 17.1 Å². The fourth-order valence-corrected chi connectivity index (χ4v) is 9.14. The Labute approximate surface area is 341 Å². The SMILES string of the molecule is c1ccc2cc(-c3ccc(N(c4ccc(-c5ccc(-n6c7ccccc7c7ccccc76)cc5)cc4)c4cccc5c4oc4ccc6ccccc6c45)cc3)ccc2c1. The summed E-state index contributed by atoms with van der Waals surface area (Å²) in [5.74, 6) is 0. The Hall–Kier alpha value is -7.88. The van der Waals surface area contributed by atoms with Gasteiger partial charge in [-0.15, -0.1) is 0 Å². The van der Waals surface area contributed by atoms with Crippen molar-refractivity contribution in [3.8, 4) is 27.9 Å². The van der Waals surface area contributed by atoms with Crippen LogP contribution >= 0.6 is 0 Å². The third-order valence-corrected chi connectivity index (χ3v) is 12.0. The van der Waals surface area contributed by atoms with Crippen molar-refractivity contribution in [2.24, 2.45) is 0 Å². The number of hydrogen-bond donors (Lipinski definition) is 0. The number of hydrogen-bond acceptors (Lipinski definition) is 2. The molecule has 2 aromatic heterocycles. The first-order valence-corrected chi connectivity index (χ1v) is 20.2. The van der Waals surface area contributed by atoms with Crippen LogP contribution in [0.2, 0.25) is 0 Å². The van der Waals surface area contributed by atoms with E-state index < -0.39 is 0 Å². The average molecular weight is 753 g/mol. The lowest BCUT2D eigenvalue weighted by Gasteiger charge is -2.26. The molecule has 0 saturated carbocycles. The van der Waals surface area contributed by atoms with Gasteiger partial charge in [0.15, 0.2) is 5.58 Å². The first-order chi connectivity index (χ1) is 29.2. The minimum Gasteiger partial charge on any atom is -0.454 e. The van der Waals surface area contributed by atoms with Crippen LogP contribution in [0.5, 0.6) is 0 Å². The van der Waals surface area contributed by atoms with Crippen molar-refractivity contribution < 1.29 is 4.42 Å². The molecule has 0 bridgehead atoms. The van der Waals surface area contributed by atoms with Gasteiger partial charge in [0.05, 0.1) is 16.7 Å². The van der Waals surface area contributed by atoms with E-state index in [2.05, 4.69) is 228 Å². The number of para-hydroxylation sites is 3. The Balaban J connectivity index is 0.956. The van der Waals surface area contributed by atoms with Crippen LogP contribution in [0.1, 0.15) is 0 Å². The van der Waals surface area contributed by atoms with Gasteiger partial charge in [0.2, 0.25) is 0 Å². The molecule has 0 N–H and O–H groups in total. The zero-order chi connectivity index (χ0) is 38.9. The van der Waals surface area contributed by atoms with E-state index in [0.29, 0.717) is 0 Å². The molecule has 10 aromatic carbocycles. The second-order valence-electron chi connectivity index (χ2n) is 15.3. The summed E-state index contributed by atoms with van der Waals surface area (Å²) in [5.41, 5.74) is 13.1. The Bertz CT molecular complexity index is 3480. The molecule has 0 unspecified atom stereocenters. The Morgan fingerprint density at radius 3 is 1.54 bits per heavy atom. The molecule has 3 heteroatoms. The normalized spacial score (nSPS) is 11.7. The summed E-state index contributed by atoms with van der Waals surface area (Å²) in [7, 11) is 0. The predicted octanol–water partition coefficient (Wildman–Crippen LogP) is 15.8. The molecular formula is C56H36N2O. The number of fused-ring (bicyclic) bond motifs is 9. The number of rotatable bonds is 6. The van der Waals surface area contributed by atoms with E-state index in [1.807, 2.05) is 0 Å². The van der Waals surface area contributed by atoms with E-state index in [9.17, 15) is 0 Å². The van der Waals surface area contributed by atoms with Gasteiger partial charge in [-0.05, 0) is 111 Å². The van der Waals surface area contributed by atoms with Gasteiger partial charge >= 0.3 is 0 Å². The standard InChI is InChI=1S/C56H36N2O/c1-2-12-42-36-43(21-20-37(42)10-1)40-26-31-45(32-27-40)57(53-19-9-16-50-55-47-13-4-3-11-41(47)28-35-54(55)59-56(50)53)44-29-22-38(23-30-44)39-24-33-46(34-25-39)58-51-17-7-5-14-48(51)49-15-6-8-18-52(49)58/h1-36H. The molecule has 0 spiro atoms. The highest BCUT2D eigenvalue weighted by atomic mass is 16.3. The highest BCUT2D eigenvalue weighted by Crippen LogP contribution is 2.44. The molecule has 0 radical (unpaired) electrons. The Kier molecular flexibility index (Phi) is 7.54. The van der Waals surface area contributed by atoms with Gasteiger partial charge < -0.3 is 13.9 Å². The zero-order valence-corrected chi connectivity index (χ0v) is 32.1. The smallest absolute Gasteiger partial charge is 0.159 e. The van der Waals surface area contributed by atoms with Crippen LogP contribution in [-0.2, 0) is 0 Å². The second kappa shape index (κ2) is 13.4. The molecule has 0 atom stereocenters. The third-order valence-electron chi connectivity index (χ3n) is 12.0. The van der Waals surface area contributed by atoms with E-state index in [0.717, 1.165) is 50.3 Å². The van der Waals surface area contributed by atoms with Crippen LogP contribution in [0.25, 0.3) is 93.2 Å². The van der Waals surface area contributed by atoms with Gasteiger partial charge in [0.25, 0.3) is 0 Å². The quantitative estimate of drug-likeness (QED) is 0.169. The number of benzene rings is 10. The first-order valence-electron chi connectivity index (χ1n) is 20.2. The Morgan fingerprint density at radius 2 is 0.864 bits per heavy atom. The van der Waals surface area contributed by atoms with Crippen molar-refractivity contribution in [3.05, 3.63) is 218 Å². The van der Waals surface area contributed by atoms with Gasteiger partial charge in [0.1, 0.15) is 5.58 Å². The van der Waals surface area contributed by atoms with Crippen molar-refractivity contribution in [3.63, 3.8) is 0 Å². The monoisotopic (exact) mass is 752 g/mol. The van der Waals surface area contributed by atoms with Gasteiger partial charge in [-0.2, -0.15) is 0 Å². The summed E-state index contributed by atoms with van der Waals surface area (Å²) in [6, 6.07) is 78.6. The molecule has 0 aliphatic carbocycles. The van der Waals surface area contributed by atoms with Crippen LogP contribution in [0.3, 0.4) is 0 Å². The summed E-state index contributed by atoms with van der Waals surface area (Å²) in [6.45, 7) is 0. The average Bonchev–Trinajstić information content (AvgIpc) is 3.86. The largest absolute Gasteiger partial charge is 0.454 e. The van der Waals surface area contributed by atoms with E-state index >= 15 is 0 Å². The van der Waals surface area contributed by atoms with Crippen molar-refractivity contribution in [2.45, 2.75) is 0 Å². The maximum Gasteiger partial charge on any atom is 0.159 e. The predicted molar refractivity (Wildman–Crippen MR) is 249 cm³/mol. The van der Waals surface area contributed by atoms with Crippen molar-refractivity contribution >= 4 is 82.4 Å². The summed E-state index contributed by atoms with van der Waals surface area (Å²) in [5, 5.41) is 9.66. The van der Waals surface area contributed by atoms with Crippen molar-refractivity contribution in [1.29, 1.82) is 0 Å². The number of anilines is 3. The molecule has 12 aromatic rings. The maximum atomic E-state index is 6.79. The molecule has 0 saturated heterocycles. The summed E-state index contributed by atoms with van der Waals surface area (Å²) in [6.07, 6.45) is 0. The highest BCUT2D eigenvalue weighted by molar-refractivity contribution is 6.21. The number of nitrogens with zero attached hydrogens (tertiary/aromatic N) is 2.